The second-order valence-corrected chi connectivity index (χ2v) is 4.82. The summed E-state index contributed by atoms with van der Waals surface area (Å²) in [5.74, 6) is 0. The van der Waals surface area contributed by atoms with Crippen molar-refractivity contribution in [1.82, 2.24) is 4.98 Å². The molecular weight excluding hydrogens is 291 g/mol. The van der Waals surface area contributed by atoms with Crippen molar-refractivity contribution in [3.63, 3.8) is 0 Å². The highest BCUT2D eigenvalue weighted by Crippen LogP contribution is 2.34. The molecule has 0 unspecified atom stereocenters. The van der Waals surface area contributed by atoms with Gasteiger partial charge in [-0.05, 0) is 29.8 Å². The predicted octanol–water partition coefficient (Wildman–Crippen LogP) is 4.77. The van der Waals surface area contributed by atoms with Gasteiger partial charge >= 0.3 is 0 Å². The largest absolute Gasteiger partial charge is 0.236 e. The van der Waals surface area contributed by atoms with Crippen LogP contribution in [0.4, 0.5) is 0 Å². The van der Waals surface area contributed by atoms with Gasteiger partial charge in [-0.1, -0.05) is 40.9 Å². The molecule has 0 aliphatic rings. The average molecular weight is 298 g/mol. The van der Waals surface area contributed by atoms with Gasteiger partial charge in [0, 0.05) is 5.56 Å². The fourth-order valence-corrected chi connectivity index (χ4v) is 2.44. The molecular formula is C13H7Cl3N2. The Kier molecular flexibility index (Phi) is 4.08. The van der Waals surface area contributed by atoms with Crippen LogP contribution in [0.15, 0.2) is 30.3 Å². The quantitative estimate of drug-likeness (QED) is 0.748. The second kappa shape index (κ2) is 5.58. The fourth-order valence-electron chi connectivity index (χ4n) is 1.61. The maximum Gasteiger partial charge on any atom is 0.130 e. The number of hydrogen-bond acceptors (Lipinski definition) is 2. The van der Waals surface area contributed by atoms with Gasteiger partial charge < -0.3 is 0 Å². The van der Waals surface area contributed by atoms with Gasteiger partial charge in [0.2, 0.25) is 0 Å². The first-order chi connectivity index (χ1) is 8.61. The Morgan fingerprint density at radius 2 is 1.78 bits per heavy atom. The van der Waals surface area contributed by atoms with Crippen molar-refractivity contribution in [3.8, 4) is 17.3 Å². The molecule has 2 rings (SSSR count). The van der Waals surface area contributed by atoms with Crippen molar-refractivity contribution in [2.45, 2.75) is 6.42 Å². The third-order valence-corrected chi connectivity index (χ3v) is 3.18. The van der Waals surface area contributed by atoms with E-state index in [9.17, 15) is 0 Å². The smallest absolute Gasteiger partial charge is 0.130 e. The van der Waals surface area contributed by atoms with Crippen LogP contribution in [-0.2, 0) is 6.42 Å². The summed E-state index contributed by atoms with van der Waals surface area (Å²) in [6.07, 6.45) is 0.261. The van der Waals surface area contributed by atoms with E-state index in [4.69, 9.17) is 40.1 Å². The number of pyridine rings is 1. The Morgan fingerprint density at radius 1 is 1.11 bits per heavy atom. The zero-order chi connectivity index (χ0) is 13.1. The van der Waals surface area contributed by atoms with Crippen molar-refractivity contribution in [1.29, 1.82) is 5.26 Å². The van der Waals surface area contributed by atoms with Gasteiger partial charge in [0.1, 0.15) is 5.15 Å². The molecule has 1 aromatic heterocycles. The van der Waals surface area contributed by atoms with E-state index < -0.39 is 0 Å². The van der Waals surface area contributed by atoms with Crippen LogP contribution in [0.1, 0.15) is 5.56 Å². The molecule has 0 amide bonds. The molecule has 2 nitrogen and oxygen atoms in total. The van der Waals surface area contributed by atoms with Crippen LogP contribution in [0.2, 0.25) is 15.2 Å². The number of benzene rings is 1. The lowest BCUT2D eigenvalue weighted by molar-refractivity contribution is 1.21. The van der Waals surface area contributed by atoms with Crippen molar-refractivity contribution in [2.75, 3.05) is 0 Å². The fraction of sp³-hybridized carbons (Fsp3) is 0.0769. The van der Waals surface area contributed by atoms with Gasteiger partial charge in [-0.3, -0.25) is 0 Å². The topological polar surface area (TPSA) is 36.7 Å². The highest BCUT2D eigenvalue weighted by molar-refractivity contribution is 6.39. The standard InChI is InChI=1S/C13H7Cl3N2/c14-9-2-1-3-10(15)13(9)11-6-8(4-5-17)7-12(16)18-11/h1-3,6-7H,4H2. The average Bonchev–Trinajstić information content (AvgIpc) is 2.28. The van der Waals surface area contributed by atoms with Crippen molar-refractivity contribution >= 4 is 34.8 Å². The third kappa shape index (κ3) is 2.76. The number of nitriles is 1. The van der Waals surface area contributed by atoms with Crippen LogP contribution in [0.3, 0.4) is 0 Å². The molecule has 2 aromatic rings. The summed E-state index contributed by atoms with van der Waals surface area (Å²) in [5, 5.41) is 10.0. The van der Waals surface area contributed by atoms with Gasteiger partial charge in [0.25, 0.3) is 0 Å². The number of aromatic nitrogens is 1. The van der Waals surface area contributed by atoms with E-state index in [2.05, 4.69) is 11.1 Å². The maximum absolute atomic E-state index is 8.72. The zero-order valence-electron chi connectivity index (χ0n) is 9.12. The molecule has 0 saturated carbocycles. The number of rotatable bonds is 2. The van der Waals surface area contributed by atoms with E-state index in [0.29, 0.717) is 26.5 Å². The van der Waals surface area contributed by atoms with E-state index in [1.165, 1.54) is 0 Å². The second-order valence-electron chi connectivity index (χ2n) is 3.61. The van der Waals surface area contributed by atoms with Crippen molar-refractivity contribution in [2.24, 2.45) is 0 Å². The number of hydrogen-bond donors (Lipinski definition) is 0. The lowest BCUT2D eigenvalue weighted by Crippen LogP contribution is -1.91. The first kappa shape index (κ1) is 13.2. The molecule has 0 radical (unpaired) electrons. The van der Waals surface area contributed by atoms with Crippen LogP contribution in [0, 0.1) is 11.3 Å². The molecule has 0 aliphatic carbocycles. The summed E-state index contributed by atoms with van der Waals surface area (Å²) in [4.78, 5) is 4.20. The normalized spacial score (nSPS) is 10.1. The van der Waals surface area contributed by atoms with E-state index in [1.54, 1.807) is 30.3 Å². The molecule has 0 aliphatic heterocycles. The molecule has 1 aromatic carbocycles. The molecule has 5 heteroatoms. The minimum atomic E-state index is 0.261. The summed E-state index contributed by atoms with van der Waals surface area (Å²) in [6.45, 7) is 0. The van der Waals surface area contributed by atoms with Crippen LogP contribution >= 0.6 is 34.8 Å². The summed E-state index contributed by atoms with van der Waals surface area (Å²) in [6, 6.07) is 10.7. The Hall–Kier alpha value is -1.27. The highest BCUT2D eigenvalue weighted by Gasteiger charge is 2.11. The predicted molar refractivity (Wildman–Crippen MR) is 74.0 cm³/mol. The molecule has 18 heavy (non-hydrogen) atoms. The monoisotopic (exact) mass is 296 g/mol. The molecule has 0 N–H and O–H groups in total. The summed E-state index contributed by atoms with van der Waals surface area (Å²) >= 11 is 18.2. The van der Waals surface area contributed by atoms with Crippen LogP contribution in [0.5, 0.6) is 0 Å². The molecule has 1 heterocycles. The Balaban J connectivity index is 2.61. The molecule has 0 fully saturated rings. The molecule has 0 saturated heterocycles. The van der Waals surface area contributed by atoms with E-state index in [-0.39, 0.29) is 6.42 Å². The van der Waals surface area contributed by atoms with Gasteiger partial charge in [-0.25, -0.2) is 4.98 Å². The van der Waals surface area contributed by atoms with Crippen molar-refractivity contribution in [3.05, 3.63) is 51.1 Å². The summed E-state index contributed by atoms with van der Waals surface area (Å²) in [5.41, 5.74) is 1.98. The van der Waals surface area contributed by atoms with Gasteiger partial charge in [0.05, 0.1) is 28.2 Å². The molecule has 0 bridgehead atoms. The first-order valence-corrected chi connectivity index (χ1v) is 6.23. The van der Waals surface area contributed by atoms with E-state index >= 15 is 0 Å². The zero-order valence-corrected chi connectivity index (χ0v) is 11.4. The van der Waals surface area contributed by atoms with Gasteiger partial charge in [-0.2, -0.15) is 5.26 Å². The minimum Gasteiger partial charge on any atom is -0.236 e. The Labute approximate surface area is 120 Å². The van der Waals surface area contributed by atoms with E-state index in [1.807, 2.05) is 0 Å². The SMILES string of the molecule is N#CCc1cc(Cl)nc(-c2c(Cl)cccc2Cl)c1. The lowest BCUT2D eigenvalue weighted by Gasteiger charge is -2.08. The maximum atomic E-state index is 8.72. The summed E-state index contributed by atoms with van der Waals surface area (Å²) in [7, 11) is 0. The summed E-state index contributed by atoms with van der Waals surface area (Å²) < 4.78 is 0. The Bertz CT molecular complexity index is 612. The Morgan fingerprint density at radius 3 is 2.39 bits per heavy atom. The van der Waals surface area contributed by atoms with E-state index in [0.717, 1.165) is 5.56 Å². The van der Waals surface area contributed by atoms with Crippen LogP contribution in [0.25, 0.3) is 11.3 Å². The van der Waals surface area contributed by atoms with Gasteiger partial charge in [0.15, 0.2) is 0 Å². The highest BCUT2D eigenvalue weighted by atomic mass is 35.5. The minimum absolute atomic E-state index is 0.261. The number of nitrogens with zero attached hydrogens (tertiary/aromatic N) is 2. The van der Waals surface area contributed by atoms with Crippen LogP contribution in [-0.4, -0.2) is 4.98 Å². The van der Waals surface area contributed by atoms with Gasteiger partial charge in [-0.15, -0.1) is 0 Å². The lowest BCUT2D eigenvalue weighted by atomic mass is 10.1. The molecule has 0 spiro atoms. The number of halogens is 3. The first-order valence-electron chi connectivity index (χ1n) is 5.09. The van der Waals surface area contributed by atoms with Crippen molar-refractivity contribution < 1.29 is 0 Å². The molecule has 90 valence electrons. The molecule has 0 atom stereocenters. The van der Waals surface area contributed by atoms with Crippen LogP contribution < -0.4 is 0 Å². The third-order valence-electron chi connectivity index (χ3n) is 2.36.